The van der Waals surface area contributed by atoms with Crippen LogP contribution in [0.4, 0.5) is 11.8 Å². The fourth-order valence-corrected chi connectivity index (χ4v) is 5.92. The molecule has 2 N–H and O–H groups in total. The van der Waals surface area contributed by atoms with Gasteiger partial charge < -0.3 is 15.0 Å². The van der Waals surface area contributed by atoms with Crippen LogP contribution in [0.2, 0.25) is 0 Å². The van der Waals surface area contributed by atoms with Gasteiger partial charge in [-0.3, -0.25) is 4.98 Å². The normalized spacial score (nSPS) is 30.8. The molecular weight excluding hydrogens is 362 g/mol. The van der Waals surface area contributed by atoms with Crippen molar-refractivity contribution in [3.8, 4) is 5.75 Å². The third-order valence-corrected chi connectivity index (χ3v) is 7.67. The van der Waals surface area contributed by atoms with Gasteiger partial charge in [-0.15, -0.1) is 0 Å². The summed E-state index contributed by atoms with van der Waals surface area (Å²) >= 11 is -0.731. The van der Waals surface area contributed by atoms with E-state index in [-0.39, 0.29) is 11.6 Å². The van der Waals surface area contributed by atoms with Gasteiger partial charge >= 0.3 is 0 Å². The van der Waals surface area contributed by atoms with Gasteiger partial charge in [0.05, 0.1) is 19.3 Å². The number of hydrogen-bond acceptors (Lipinski definition) is 7. The first-order valence-corrected chi connectivity index (χ1v) is 10.9. The van der Waals surface area contributed by atoms with Crippen molar-refractivity contribution >= 4 is 22.9 Å². The van der Waals surface area contributed by atoms with Gasteiger partial charge in [0.1, 0.15) is 17.5 Å². The lowest BCUT2D eigenvalue weighted by Crippen LogP contribution is -2.63. The number of nitrogens with zero attached hydrogens (tertiary/aromatic N) is 4. The number of pyridine rings is 1. The topological polar surface area (TPSA) is 83.4 Å². The summed E-state index contributed by atoms with van der Waals surface area (Å²) in [5.74, 6) is 4.10. The van der Waals surface area contributed by atoms with Gasteiger partial charge in [0, 0.05) is 18.2 Å². The number of fused-ring (bicyclic) bond motifs is 1. The van der Waals surface area contributed by atoms with E-state index in [4.69, 9.17) is 14.7 Å². The second-order valence-corrected chi connectivity index (χ2v) is 9.73. The zero-order valence-corrected chi connectivity index (χ0v) is 15.8. The molecule has 3 saturated carbocycles. The van der Waals surface area contributed by atoms with E-state index >= 15 is 0 Å². The molecule has 2 aliphatic heterocycles. The van der Waals surface area contributed by atoms with Crippen molar-refractivity contribution in [3.63, 3.8) is 0 Å². The summed E-state index contributed by atoms with van der Waals surface area (Å²) in [7, 11) is 0. The minimum absolute atomic E-state index is 0.132. The summed E-state index contributed by atoms with van der Waals surface area (Å²) in [4.78, 5) is 16.8. The summed E-state index contributed by atoms with van der Waals surface area (Å²) in [5.41, 5.74) is 1.24. The Bertz CT molecular complexity index is 872. The maximum Gasteiger partial charge on any atom is 0.253 e. The van der Waals surface area contributed by atoms with Crippen LogP contribution in [0.25, 0.3) is 0 Å². The Balaban J connectivity index is 1.21. The molecule has 0 spiro atoms. The molecule has 5 aliphatic rings. The average Bonchev–Trinajstić information content (AvgIpc) is 2.95. The van der Waals surface area contributed by atoms with Gasteiger partial charge in [0.2, 0.25) is 5.95 Å². The molecule has 4 heterocycles. The monoisotopic (exact) mass is 384 g/mol. The van der Waals surface area contributed by atoms with Crippen LogP contribution in [-0.2, 0) is 17.6 Å². The predicted octanol–water partition coefficient (Wildman–Crippen LogP) is 2.11. The number of aromatic nitrogens is 3. The molecule has 1 unspecified atom stereocenters. The second kappa shape index (κ2) is 5.72. The zero-order valence-electron chi connectivity index (χ0n) is 15.0. The van der Waals surface area contributed by atoms with Gasteiger partial charge in [0.15, 0.2) is 22.7 Å². The van der Waals surface area contributed by atoms with E-state index in [1.807, 2.05) is 12.1 Å². The Morgan fingerprint density at radius 1 is 1.26 bits per heavy atom. The Kier molecular flexibility index (Phi) is 3.38. The Labute approximate surface area is 160 Å². The molecule has 7 rings (SSSR count). The van der Waals surface area contributed by atoms with Crippen molar-refractivity contribution in [2.75, 3.05) is 29.1 Å². The third-order valence-electron chi connectivity index (χ3n) is 6.18. The minimum Gasteiger partial charge on any atom is -0.485 e. The van der Waals surface area contributed by atoms with E-state index in [1.54, 1.807) is 12.4 Å². The Morgan fingerprint density at radius 2 is 2.11 bits per heavy atom. The van der Waals surface area contributed by atoms with Crippen LogP contribution in [0.1, 0.15) is 25.0 Å². The molecule has 140 valence electrons. The van der Waals surface area contributed by atoms with Crippen molar-refractivity contribution in [1.29, 1.82) is 0 Å². The molecule has 2 aromatic heterocycles. The van der Waals surface area contributed by atoms with Crippen LogP contribution in [0.15, 0.2) is 29.4 Å². The summed E-state index contributed by atoms with van der Waals surface area (Å²) in [5, 5.41) is 3.68. The van der Waals surface area contributed by atoms with Crippen molar-refractivity contribution in [1.82, 2.24) is 15.0 Å². The van der Waals surface area contributed by atoms with Crippen LogP contribution in [-0.4, -0.2) is 50.0 Å². The highest BCUT2D eigenvalue weighted by Crippen LogP contribution is 2.59. The van der Waals surface area contributed by atoms with Crippen LogP contribution in [0.3, 0.4) is 0 Å². The van der Waals surface area contributed by atoms with E-state index in [0.717, 1.165) is 59.3 Å². The summed E-state index contributed by atoms with van der Waals surface area (Å²) in [6, 6.07) is 3.81. The maximum atomic E-state index is 10.4. The molecule has 0 radical (unpaired) electrons. The highest BCUT2D eigenvalue weighted by atomic mass is 32.2. The molecule has 4 fully saturated rings. The largest absolute Gasteiger partial charge is 0.485 e. The number of hydrogen-bond donors (Lipinski definition) is 2. The quantitative estimate of drug-likeness (QED) is 0.764. The highest BCUT2D eigenvalue weighted by molar-refractivity contribution is 7.92. The van der Waals surface area contributed by atoms with Gasteiger partial charge in [-0.05, 0) is 37.3 Å². The lowest BCUT2D eigenvalue weighted by molar-refractivity contribution is 0.00157. The lowest BCUT2D eigenvalue weighted by Gasteiger charge is -2.62. The second-order valence-electron chi connectivity index (χ2n) is 8.18. The summed E-state index contributed by atoms with van der Waals surface area (Å²) in [6.07, 6.45) is 8.17. The molecule has 2 bridgehead atoms. The number of anilines is 2. The molecule has 1 atom stereocenters. The number of aryl methyl sites for hydroxylation is 1. The molecule has 0 amide bonds. The van der Waals surface area contributed by atoms with Gasteiger partial charge in [-0.2, -0.15) is 9.54 Å². The predicted molar refractivity (Wildman–Crippen MR) is 103 cm³/mol. The van der Waals surface area contributed by atoms with Gasteiger partial charge in [0.25, 0.3) is 4.90 Å². The Morgan fingerprint density at radius 3 is 2.81 bits per heavy atom. The lowest BCUT2D eigenvalue weighted by atomic mass is 9.50. The fourth-order valence-electron chi connectivity index (χ4n) is 4.59. The molecule has 27 heavy (non-hydrogen) atoms. The van der Waals surface area contributed by atoms with E-state index in [9.17, 15) is 4.55 Å². The van der Waals surface area contributed by atoms with Crippen molar-refractivity contribution in [2.45, 2.75) is 42.2 Å². The molecule has 3 aliphatic carbocycles. The van der Waals surface area contributed by atoms with Crippen molar-refractivity contribution in [3.05, 3.63) is 30.2 Å². The van der Waals surface area contributed by atoms with E-state index in [2.05, 4.69) is 15.2 Å². The summed E-state index contributed by atoms with van der Waals surface area (Å²) in [6.45, 7) is 1.54. The van der Waals surface area contributed by atoms with Gasteiger partial charge in [-0.1, -0.05) is 0 Å². The van der Waals surface area contributed by atoms with Crippen LogP contribution in [0.5, 0.6) is 5.75 Å². The fraction of sp³-hybridized carbons (Fsp3) is 0.526. The molecule has 8 heteroatoms. The first kappa shape index (κ1) is 15.9. The first-order valence-electron chi connectivity index (χ1n) is 9.58. The van der Waals surface area contributed by atoms with Gasteiger partial charge in [-0.25, -0.2) is 4.98 Å². The van der Waals surface area contributed by atoms with Crippen LogP contribution < -0.4 is 15.0 Å². The van der Waals surface area contributed by atoms with Crippen LogP contribution in [0, 0.1) is 5.92 Å². The molecule has 1 saturated heterocycles. The van der Waals surface area contributed by atoms with Crippen molar-refractivity contribution in [2.24, 2.45) is 5.92 Å². The maximum absolute atomic E-state index is 10.4. The van der Waals surface area contributed by atoms with Crippen molar-refractivity contribution < 1.29 is 9.29 Å². The number of ether oxygens (including phenoxy) is 1. The SMILES string of the molecule is O[S+]1CCc2nc(N3CC(Oc4cccnc4)C3)nc(NC34CC(C3)C4)c21. The smallest absolute Gasteiger partial charge is 0.253 e. The summed E-state index contributed by atoms with van der Waals surface area (Å²) < 4.78 is 16.4. The zero-order chi connectivity index (χ0) is 18.0. The van der Waals surface area contributed by atoms with E-state index < -0.39 is 11.2 Å². The molecule has 7 nitrogen and oxygen atoms in total. The first-order chi connectivity index (χ1) is 13.2. The average molecular weight is 384 g/mol. The Hall–Kier alpha value is -2.06. The van der Waals surface area contributed by atoms with E-state index in [1.165, 1.54) is 19.3 Å². The minimum atomic E-state index is -0.731. The number of nitrogens with one attached hydrogen (secondary N) is 1. The molecule has 0 aromatic carbocycles. The number of rotatable bonds is 5. The third kappa shape index (κ3) is 2.57. The molecule has 2 aromatic rings. The molecular formula is C19H22N5O2S+. The highest BCUT2D eigenvalue weighted by Gasteiger charge is 2.57. The standard InChI is InChI=1S/C19H22N5O2S/c25-27-5-3-15-16(27)17(23-19-6-12(7-19)8-19)22-18(21-15)24-10-14(11-24)26-13-2-1-4-20-9-13/h1-2,4,9,12,14,25H,3,5-8,10-11H2,(H,21,22,23)/q+1. The van der Waals surface area contributed by atoms with E-state index in [0.29, 0.717) is 0 Å². The van der Waals surface area contributed by atoms with Crippen LogP contribution >= 0.6 is 0 Å².